The van der Waals surface area contributed by atoms with E-state index in [0.717, 1.165) is 27.6 Å². The van der Waals surface area contributed by atoms with Crippen LogP contribution in [0.4, 0.5) is 0 Å². The summed E-state index contributed by atoms with van der Waals surface area (Å²) in [5, 5.41) is 2.14. The Morgan fingerprint density at radius 1 is 0.970 bits per heavy atom. The van der Waals surface area contributed by atoms with E-state index < -0.39 is 11.8 Å². The molecule has 0 aromatic heterocycles. The molecule has 1 aliphatic carbocycles. The van der Waals surface area contributed by atoms with Crippen molar-refractivity contribution in [1.29, 1.82) is 0 Å². The van der Waals surface area contributed by atoms with Crippen LogP contribution in [0, 0.1) is 5.92 Å². The number of allylic oxidation sites excluding steroid dienone is 2. The SMILES string of the molecule is CCOC(=O)C1C(C)=NC2=C(C(=O)C[C@H](c3ccccc3)C2)[C@H]1c1cccc2ccccc12. The van der Waals surface area contributed by atoms with Gasteiger partial charge in [-0.2, -0.15) is 0 Å². The first-order chi connectivity index (χ1) is 16.1. The van der Waals surface area contributed by atoms with E-state index in [1.165, 1.54) is 0 Å². The van der Waals surface area contributed by atoms with Gasteiger partial charge in [-0.1, -0.05) is 72.8 Å². The van der Waals surface area contributed by atoms with E-state index in [1.807, 2.05) is 49.4 Å². The smallest absolute Gasteiger partial charge is 0.315 e. The molecule has 4 heteroatoms. The quantitative estimate of drug-likeness (QED) is 0.472. The van der Waals surface area contributed by atoms with E-state index in [0.29, 0.717) is 30.7 Å². The number of carbonyl (C=O) groups is 2. The van der Waals surface area contributed by atoms with Crippen molar-refractivity contribution in [2.45, 2.75) is 38.5 Å². The molecule has 0 fully saturated rings. The standard InChI is InChI=1S/C29H27NO3/c1-3-33-29(32)26-18(2)30-24-16-21(19-10-5-4-6-11-19)17-25(31)28(24)27(26)23-15-9-13-20-12-7-8-14-22(20)23/h4-15,21,26-27H,3,16-17H2,1-2H3/t21-,26?,27+/m1/s1. The molecule has 0 amide bonds. The lowest BCUT2D eigenvalue weighted by Crippen LogP contribution is -2.38. The number of fused-ring (bicyclic) bond motifs is 1. The number of benzene rings is 3. The van der Waals surface area contributed by atoms with E-state index in [9.17, 15) is 9.59 Å². The third kappa shape index (κ3) is 3.80. The van der Waals surface area contributed by atoms with Crippen molar-refractivity contribution in [3.63, 3.8) is 0 Å². The van der Waals surface area contributed by atoms with Crippen molar-refractivity contribution < 1.29 is 14.3 Å². The maximum Gasteiger partial charge on any atom is 0.315 e. The minimum atomic E-state index is -0.605. The molecular weight excluding hydrogens is 410 g/mol. The van der Waals surface area contributed by atoms with Gasteiger partial charge in [0.2, 0.25) is 0 Å². The van der Waals surface area contributed by atoms with Crippen LogP contribution in [-0.4, -0.2) is 24.1 Å². The van der Waals surface area contributed by atoms with Crippen LogP contribution >= 0.6 is 0 Å². The Morgan fingerprint density at radius 2 is 1.70 bits per heavy atom. The highest BCUT2D eigenvalue weighted by molar-refractivity contribution is 6.10. The third-order valence-electron chi connectivity index (χ3n) is 6.86. The molecule has 0 spiro atoms. The van der Waals surface area contributed by atoms with Crippen LogP contribution in [0.25, 0.3) is 10.8 Å². The summed E-state index contributed by atoms with van der Waals surface area (Å²) in [6, 6.07) is 24.4. The zero-order valence-corrected chi connectivity index (χ0v) is 19.0. The van der Waals surface area contributed by atoms with Gasteiger partial charge in [-0.25, -0.2) is 0 Å². The second kappa shape index (κ2) is 8.78. The summed E-state index contributed by atoms with van der Waals surface area (Å²) in [5.41, 5.74) is 4.35. The van der Waals surface area contributed by atoms with Gasteiger partial charge < -0.3 is 4.74 Å². The molecule has 3 atom stereocenters. The number of aliphatic imine (C=N–C) groups is 1. The fourth-order valence-corrected chi connectivity index (χ4v) is 5.42. The van der Waals surface area contributed by atoms with E-state index in [4.69, 9.17) is 9.73 Å². The number of carbonyl (C=O) groups excluding carboxylic acids is 2. The Labute approximate surface area is 194 Å². The van der Waals surface area contributed by atoms with Crippen molar-refractivity contribution in [2.24, 2.45) is 10.9 Å². The predicted molar refractivity (Wildman–Crippen MR) is 130 cm³/mol. The lowest BCUT2D eigenvalue weighted by Gasteiger charge is -2.37. The molecule has 0 bridgehead atoms. The number of ketones is 1. The summed E-state index contributed by atoms with van der Waals surface area (Å²) in [4.78, 5) is 31.7. The Balaban J connectivity index is 1.68. The Hall–Kier alpha value is -3.53. The Morgan fingerprint density at radius 3 is 2.48 bits per heavy atom. The molecule has 5 rings (SSSR count). The number of ether oxygens (including phenoxy) is 1. The second-order valence-corrected chi connectivity index (χ2v) is 8.83. The van der Waals surface area contributed by atoms with Crippen LogP contribution in [0.3, 0.4) is 0 Å². The van der Waals surface area contributed by atoms with Gasteiger partial charge in [-0.3, -0.25) is 14.6 Å². The number of nitrogens with zero attached hydrogens (tertiary/aromatic N) is 1. The first-order valence-corrected chi connectivity index (χ1v) is 11.6. The molecule has 33 heavy (non-hydrogen) atoms. The van der Waals surface area contributed by atoms with Gasteiger partial charge in [0.1, 0.15) is 5.92 Å². The highest BCUT2D eigenvalue weighted by Gasteiger charge is 2.45. The molecule has 0 radical (unpaired) electrons. The number of rotatable bonds is 4. The summed E-state index contributed by atoms with van der Waals surface area (Å²) in [5.74, 6) is -1.14. The second-order valence-electron chi connectivity index (χ2n) is 8.83. The van der Waals surface area contributed by atoms with Gasteiger partial charge in [-0.15, -0.1) is 0 Å². The van der Waals surface area contributed by atoms with Crippen molar-refractivity contribution >= 4 is 28.2 Å². The van der Waals surface area contributed by atoms with Crippen molar-refractivity contribution in [3.8, 4) is 0 Å². The van der Waals surface area contributed by atoms with Crippen LogP contribution in [0.1, 0.15) is 49.7 Å². The van der Waals surface area contributed by atoms with E-state index in [1.54, 1.807) is 6.92 Å². The highest BCUT2D eigenvalue weighted by Crippen LogP contribution is 2.48. The Kier molecular flexibility index (Phi) is 5.67. The largest absolute Gasteiger partial charge is 0.465 e. The highest BCUT2D eigenvalue weighted by atomic mass is 16.5. The van der Waals surface area contributed by atoms with Crippen LogP contribution in [0.5, 0.6) is 0 Å². The van der Waals surface area contributed by atoms with E-state index >= 15 is 0 Å². The Bertz CT molecular complexity index is 1280. The maximum atomic E-state index is 13.7. The lowest BCUT2D eigenvalue weighted by atomic mass is 9.68. The summed E-state index contributed by atoms with van der Waals surface area (Å²) in [6.45, 7) is 3.99. The maximum absolute atomic E-state index is 13.7. The fraction of sp³-hybridized carbons (Fsp3) is 0.276. The van der Waals surface area contributed by atoms with Gasteiger partial charge in [0.25, 0.3) is 0 Å². The van der Waals surface area contributed by atoms with Crippen LogP contribution in [-0.2, 0) is 14.3 Å². The lowest BCUT2D eigenvalue weighted by molar-refractivity contribution is -0.146. The monoisotopic (exact) mass is 437 g/mol. The molecule has 2 aliphatic rings. The van der Waals surface area contributed by atoms with Gasteiger partial charge in [0, 0.05) is 29.3 Å². The van der Waals surface area contributed by atoms with Crippen molar-refractivity contribution in [2.75, 3.05) is 6.61 Å². The first-order valence-electron chi connectivity index (χ1n) is 11.6. The topological polar surface area (TPSA) is 55.7 Å². The minimum absolute atomic E-state index is 0.0774. The number of Topliss-reactive ketones (excluding diaryl/α,β-unsaturated/α-hetero) is 1. The van der Waals surface area contributed by atoms with Crippen LogP contribution < -0.4 is 0 Å². The molecule has 4 nitrogen and oxygen atoms in total. The zero-order chi connectivity index (χ0) is 22.9. The molecule has 1 heterocycles. The van der Waals surface area contributed by atoms with Crippen molar-refractivity contribution in [3.05, 3.63) is 95.2 Å². The van der Waals surface area contributed by atoms with Crippen molar-refractivity contribution in [1.82, 2.24) is 0 Å². The number of hydrogen-bond acceptors (Lipinski definition) is 4. The van der Waals surface area contributed by atoms with E-state index in [2.05, 4.69) is 30.3 Å². The fourth-order valence-electron chi connectivity index (χ4n) is 5.42. The molecule has 3 aromatic carbocycles. The summed E-state index contributed by atoms with van der Waals surface area (Å²) in [7, 11) is 0. The molecule has 0 saturated heterocycles. The minimum Gasteiger partial charge on any atom is -0.465 e. The average Bonchev–Trinajstić information content (AvgIpc) is 2.83. The normalized spacial score (nSPS) is 22.7. The molecule has 0 N–H and O–H groups in total. The third-order valence-corrected chi connectivity index (χ3v) is 6.86. The van der Waals surface area contributed by atoms with Crippen LogP contribution in [0.15, 0.2) is 89.1 Å². The van der Waals surface area contributed by atoms with E-state index in [-0.39, 0.29) is 17.7 Å². The molecule has 3 aromatic rings. The first kappa shape index (κ1) is 21.3. The molecule has 1 unspecified atom stereocenters. The number of esters is 1. The van der Waals surface area contributed by atoms with Gasteiger partial charge in [0.05, 0.1) is 6.61 Å². The zero-order valence-electron chi connectivity index (χ0n) is 19.0. The van der Waals surface area contributed by atoms with Gasteiger partial charge >= 0.3 is 5.97 Å². The van der Waals surface area contributed by atoms with Gasteiger partial charge in [0.15, 0.2) is 5.78 Å². The molecule has 166 valence electrons. The molecule has 1 aliphatic heterocycles. The molecular formula is C29H27NO3. The predicted octanol–water partition coefficient (Wildman–Crippen LogP) is 5.98. The number of hydrogen-bond donors (Lipinski definition) is 0. The molecule has 0 saturated carbocycles. The summed E-state index contributed by atoms with van der Waals surface area (Å²) >= 11 is 0. The summed E-state index contributed by atoms with van der Waals surface area (Å²) < 4.78 is 5.47. The van der Waals surface area contributed by atoms with Crippen LogP contribution in [0.2, 0.25) is 0 Å². The average molecular weight is 438 g/mol. The van der Waals surface area contributed by atoms with Gasteiger partial charge in [-0.05, 0) is 48.1 Å². The summed E-state index contributed by atoms with van der Waals surface area (Å²) in [6.07, 6.45) is 1.12.